The Balaban J connectivity index is 1.51. The minimum Gasteiger partial charge on any atom is -0.493 e. The number of hydrogen-bond donors (Lipinski definition) is 2. The second-order valence-corrected chi connectivity index (χ2v) is 11.7. The maximum Gasteiger partial charge on any atom is 0.262 e. The van der Waals surface area contributed by atoms with Crippen molar-refractivity contribution in [2.45, 2.75) is 29.9 Å². The van der Waals surface area contributed by atoms with Crippen molar-refractivity contribution < 1.29 is 27.4 Å². The van der Waals surface area contributed by atoms with Crippen LogP contribution in [0.3, 0.4) is 0 Å². The van der Waals surface area contributed by atoms with Gasteiger partial charge >= 0.3 is 0 Å². The molecule has 1 aromatic heterocycles. The first-order valence-electron chi connectivity index (χ1n) is 12.9. The molecule has 0 unspecified atom stereocenters. The van der Waals surface area contributed by atoms with E-state index in [0.717, 1.165) is 17.3 Å². The van der Waals surface area contributed by atoms with Crippen LogP contribution in [0.1, 0.15) is 18.1 Å². The lowest BCUT2D eigenvalue weighted by molar-refractivity contribution is -0.118. The molecule has 4 aromatic rings. The smallest absolute Gasteiger partial charge is 0.262 e. The number of ether oxygens (including phenoxy) is 3. The Hall–Kier alpha value is -4.40. The van der Waals surface area contributed by atoms with Gasteiger partial charge in [-0.15, -0.1) is 0 Å². The molecule has 0 aliphatic rings. The normalized spacial score (nSPS) is 11.8. The predicted molar refractivity (Wildman–Crippen MR) is 165 cm³/mol. The van der Waals surface area contributed by atoms with E-state index in [2.05, 4.69) is 15.5 Å². The lowest BCUT2D eigenvalue weighted by Crippen LogP contribution is -2.26. The second kappa shape index (κ2) is 13.7. The lowest BCUT2D eigenvalue weighted by Gasteiger charge is -2.14. The van der Waals surface area contributed by atoms with Crippen molar-refractivity contribution in [2.24, 2.45) is 10.2 Å². The number of methoxy groups -OCH3 is 3. The SMILES string of the molecule is COc1cc(/C(C)=N/NC(=O)CSc2nc3ccccc3c(=O)n2CCc2ccc(S(N)(=O)=O)cc2)cc(OC)c1OC. The number of nitrogens with two attached hydrogens (primary N) is 1. The highest BCUT2D eigenvalue weighted by Gasteiger charge is 2.16. The molecular weight excluding hydrogens is 594 g/mol. The molecular formula is C29H31N5O7S2. The number of benzene rings is 3. The van der Waals surface area contributed by atoms with Gasteiger partial charge in [0, 0.05) is 12.1 Å². The van der Waals surface area contributed by atoms with Gasteiger partial charge in [0.15, 0.2) is 16.7 Å². The van der Waals surface area contributed by atoms with Crippen LogP contribution >= 0.6 is 11.8 Å². The summed E-state index contributed by atoms with van der Waals surface area (Å²) in [5.41, 5.74) is 4.78. The van der Waals surface area contributed by atoms with Crippen LogP contribution in [-0.4, -0.2) is 56.7 Å². The molecule has 226 valence electrons. The first-order chi connectivity index (χ1) is 20.5. The van der Waals surface area contributed by atoms with Gasteiger partial charge in [0.1, 0.15) is 0 Å². The molecule has 0 saturated carbocycles. The van der Waals surface area contributed by atoms with Crippen LogP contribution in [0, 0.1) is 0 Å². The molecule has 0 aliphatic heterocycles. The van der Waals surface area contributed by atoms with Gasteiger partial charge < -0.3 is 14.2 Å². The Bertz CT molecular complexity index is 1810. The molecule has 0 spiro atoms. The first kappa shape index (κ1) is 31.5. The number of rotatable bonds is 12. The monoisotopic (exact) mass is 625 g/mol. The standard InChI is InChI=1S/C29H31N5O7S2/c1-18(20-15-24(39-2)27(41-4)25(16-20)40-3)32-33-26(35)17-42-29-31-23-8-6-5-7-22(23)28(36)34(29)14-13-19-9-11-21(12-10-19)43(30,37)38/h5-12,15-16H,13-14,17H2,1-4H3,(H,33,35)(H2,30,37,38)/b32-18+. The molecule has 14 heteroatoms. The summed E-state index contributed by atoms with van der Waals surface area (Å²) in [6.45, 7) is 1.99. The molecule has 0 saturated heterocycles. The van der Waals surface area contributed by atoms with Crippen molar-refractivity contribution in [3.05, 3.63) is 82.1 Å². The van der Waals surface area contributed by atoms with Crippen molar-refractivity contribution in [2.75, 3.05) is 27.1 Å². The van der Waals surface area contributed by atoms with E-state index in [0.29, 0.717) is 51.0 Å². The fraction of sp³-hybridized carbons (Fsp3) is 0.241. The van der Waals surface area contributed by atoms with Crippen LogP contribution in [0.2, 0.25) is 0 Å². The quantitative estimate of drug-likeness (QED) is 0.104. The summed E-state index contributed by atoms with van der Waals surface area (Å²) >= 11 is 1.11. The Morgan fingerprint density at radius 3 is 2.28 bits per heavy atom. The number of carbonyl (C=O) groups is 1. The summed E-state index contributed by atoms with van der Waals surface area (Å²) in [5.74, 6) is 0.892. The molecule has 3 N–H and O–H groups in total. The summed E-state index contributed by atoms with van der Waals surface area (Å²) < 4.78 is 40.8. The number of amides is 1. The van der Waals surface area contributed by atoms with E-state index in [9.17, 15) is 18.0 Å². The van der Waals surface area contributed by atoms with E-state index in [4.69, 9.17) is 19.3 Å². The number of nitrogens with zero attached hydrogens (tertiary/aromatic N) is 3. The Morgan fingerprint density at radius 1 is 1.02 bits per heavy atom. The molecule has 0 radical (unpaired) electrons. The Labute approximate surface area is 252 Å². The van der Waals surface area contributed by atoms with Crippen molar-refractivity contribution in [3.63, 3.8) is 0 Å². The molecule has 12 nitrogen and oxygen atoms in total. The number of nitrogens with one attached hydrogen (secondary N) is 1. The van der Waals surface area contributed by atoms with Crippen molar-refractivity contribution >= 4 is 44.3 Å². The summed E-state index contributed by atoms with van der Waals surface area (Å²) in [6, 6.07) is 16.6. The van der Waals surface area contributed by atoms with Crippen LogP contribution in [0.25, 0.3) is 10.9 Å². The van der Waals surface area contributed by atoms with Gasteiger partial charge in [-0.3, -0.25) is 14.2 Å². The minimum absolute atomic E-state index is 0.00575. The molecule has 1 amide bonds. The van der Waals surface area contributed by atoms with E-state index in [1.807, 2.05) is 0 Å². The zero-order valence-corrected chi connectivity index (χ0v) is 25.6. The highest BCUT2D eigenvalue weighted by atomic mass is 32.2. The van der Waals surface area contributed by atoms with Crippen molar-refractivity contribution in [1.29, 1.82) is 0 Å². The minimum atomic E-state index is -3.81. The fourth-order valence-electron chi connectivity index (χ4n) is 4.20. The number of carbonyl (C=O) groups excluding carboxylic acids is 1. The number of aromatic nitrogens is 2. The van der Waals surface area contributed by atoms with Crippen LogP contribution in [0.5, 0.6) is 17.2 Å². The number of thioether (sulfide) groups is 1. The molecule has 0 atom stereocenters. The maximum atomic E-state index is 13.4. The number of para-hydroxylation sites is 1. The zero-order chi connectivity index (χ0) is 31.1. The van der Waals surface area contributed by atoms with Gasteiger partial charge in [-0.1, -0.05) is 36.0 Å². The molecule has 0 bridgehead atoms. The second-order valence-electron chi connectivity index (χ2n) is 9.24. The van der Waals surface area contributed by atoms with Crippen LogP contribution < -0.4 is 30.3 Å². The molecule has 43 heavy (non-hydrogen) atoms. The van der Waals surface area contributed by atoms with E-state index >= 15 is 0 Å². The van der Waals surface area contributed by atoms with Gasteiger partial charge in [0.2, 0.25) is 15.8 Å². The average molecular weight is 626 g/mol. The van der Waals surface area contributed by atoms with Gasteiger partial charge in [-0.2, -0.15) is 5.10 Å². The summed E-state index contributed by atoms with van der Waals surface area (Å²) in [5, 5.41) is 10.2. The molecule has 4 rings (SSSR count). The number of hydrazone groups is 1. The lowest BCUT2D eigenvalue weighted by atomic mass is 10.1. The zero-order valence-electron chi connectivity index (χ0n) is 24.0. The molecule has 3 aromatic carbocycles. The summed E-state index contributed by atoms with van der Waals surface area (Å²) in [7, 11) is 0.725. The highest BCUT2D eigenvalue weighted by molar-refractivity contribution is 7.99. The van der Waals surface area contributed by atoms with Gasteiger partial charge in [-0.25, -0.2) is 24.0 Å². The Kier molecular flexibility index (Phi) is 10.1. The van der Waals surface area contributed by atoms with Gasteiger partial charge in [0.25, 0.3) is 11.5 Å². The Morgan fingerprint density at radius 2 is 1.67 bits per heavy atom. The van der Waals surface area contributed by atoms with Crippen molar-refractivity contribution in [1.82, 2.24) is 15.0 Å². The first-order valence-corrected chi connectivity index (χ1v) is 15.5. The third kappa shape index (κ3) is 7.52. The van der Waals surface area contributed by atoms with E-state index in [-0.39, 0.29) is 22.8 Å². The number of sulfonamides is 1. The maximum absolute atomic E-state index is 13.4. The third-order valence-corrected chi connectivity index (χ3v) is 8.37. The largest absolute Gasteiger partial charge is 0.493 e. The van der Waals surface area contributed by atoms with Gasteiger partial charge in [0.05, 0.1) is 48.6 Å². The fourth-order valence-corrected chi connectivity index (χ4v) is 5.54. The summed E-state index contributed by atoms with van der Waals surface area (Å²) in [4.78, 5) is 30.8. The molecule has 1 heterocycles. The van der Waals surface area contributed by atoms with Gasteiger partial charge in [-0.05, 0) is 55.3 Å². The third-order valence-electron chi connectivity index (χ3n) is 6.47. The van der Waals surface area contributed by atoms with Crippen LogP contribution in [-0.2, 0) is 27.8 Å². The summed E-state index contributed by atoms with van der Waals surface area (Å²) in [6.07, 6.45) is 0.420. The number of aryl methyl sites for hydroxylation is 1. The van der Waals surface area contributed by atoms with E-state index in [1.165, 1.54) is 38.0 Å². The number of primary sulfonamides is 1. The van der Waals surface area contributed by atoms with Crippen LogP contribution in [0.4, 0.5) is 0 Å². The van der Waals surface area contributed by atoms with Crippen LogP contribution in [0.15, 0.2) is 80.6 Å². The molecule has 0 aliphatic carbocycles. The van der Waals surface area contributed by atoms with Crippen molar-refractivity contribution in [3.8, 4) is 17.2 Å². The van der Waals surface area contributed by atoms with E-state index < -0.39 is 15.9 Å². The van der Waals surface area contributed by atoms with E-state index in [1.54, 1.807) is 55.5 Å². The number of fused-ring (bicyclic) bond motifs is 1. The average Bonchev–Trinajstić information content (AvgIpc) is 3.01. The molecule has 0 fully saturated rings. The predicted octanol–water partition coefficient (Wildman–Crippen LogP) is 2.94. The number of hydrogen-bond acceptors (Lipinski definition) is 10. The highest BCUT2D eigenvalue weighted by Crippen LogP contribution is 2.38. The topological polar surface area (TPSA) is 164 Å².